The predicted molar refractivity (Wildman–Crippen MR) is 255 cm³/mol. The summed E-state index contributed by atoms with van der Waals surface area (Å²) < 4.78 is 45.9. The Morgan fingerprint density at radius 2 is 1.22 bits per heavy atom. The molecule has 0 saturated carbocycles. The number of ether oxygens (including phenoxy) is 2. The van der Waals surface area contributed by atoms with Crippen molar-refractivity contribution in [2.45, 2.75) is 37.7 Å². The van der Waals surface area contributed by atoms with Crippen LogP contribution in [0.5, 0.6) is 11.5 Å². The van der Waals surface area contributed by atoms with E-state index in [1.165, 1.54) is 53.7 Å². The fourth-order valence-corrected chi connectivity index (χ4v) is 9.33. The second-order valence-electron chi connectivity index (χ2n) is 13.5. The van der Waals surface area contributed by atoms with Crippen LogP contribution < -0.4 is 29.9 Å². The molecule has 0 amide bonds. The number of aliphatic hydroxyl groups is 1. The molecule has 19 nitrogen and oxygen atoms in total. The lowest BCUT2D eigenvalue weighted by molar-refractivity contribution is 0.322. The van der Waals surface area contributed by atoms with E-state index in [0.717, 1.165) is 53.5 Å². The van der Waals surface area contributed by atoms with E-state index < -0.39 is 15.0 Å². The van der Waals surface area contributed by atoms with Gasteiger partial charge in [-0.25, -0.2) is 9.97 Å². The Morgan fingerprint density at radius 3 is 1.72 bits per heavy atom. The van der Waals surface area contributed by atoms with Gasteiger partial charge in [0.2, 0.25) is 22.2 Å². The number of methoxy groups -OCH3 is 2. The molecular weight excluding hydrogens is 899 g/mol. The number of nitrogens with zero attached hydrogens (tertiary/aromatic N) is 11. The molecule has 4 aromatic carbocycles. The smallest absolute Gasteiger partial charge is 0.298 e. The molecule has 0 spiro atoms. The van der Waals surface area contributed by atoms with Crippen LogP contribution in [0.2, 0.25) is 0 Å². The van der Waals surface area contributed by atoms with Crippen LogP contribution in [0.4, 0.5) is 56.3 Å². The van der Waals surface area contributed by atoms with Crippen LogP contribution >= 0.6 is 34.4 Å². The maximum atomic E-state index is 12.0. The van der Waals surface area contributed by atoms with Gasteiger partial charge in [0, 0.05) is 49.4 Å². The summed E-state index contributed by atoms with van der Waals surface area (Å²) >= 11 is 3.82. The van der Waals surface area contributed by atoms with Crippen molar-refractivity contribution in [2.24, 2.45) is 20.5 Å². The Hall–Kier alpha value is -6.11. The average molecular weight is 944 g/mol. The van der Waals surface area contributed by atoms with Gasteiger partial charge in [-0.15, -0.1) is 20.5 Å². The third kappa shape index (κ3) is 10.8. The molecule has 334 valence electrons. The van der Waals surface area contributed by atoms with Gasteiger partial charge in [-0.3, -0.25) is 4.55 Å². The van der Waals surface area contributed by atoms with E-state index in [1.807, 2.05) is 54.6 Å². The number of rotatable bonds is 20. The van der Waals surface area contributed by atoms with E-state index in [-0.39, 0.29) is 29.4 Å². The van der Waals surface area contributed by atoms with Crippen molar-refractivity contribution in [1.82, 2.24) is 24.9 Å². The molecule has 0 unspecified atom stereocenters. The van der Waals surface area contributed by atoms with Crippen molar-refractivity contribution in [3.8, 4) is 11.5 Å². The Bertz CT molecular complexity index is 2940. The second-order valence-corrected chi connectivity index (χ2v) is 18.0. The van der Waals surface area contributed by atoms with E-state index in [0.29, 0.717) is 49.0 Å². The first-order chi connectivity index (χ1) is 30.9. The Kier molecular flexibility index (Phi) is 14.8. The third-order valence-electron chi connectivity index (χ3n) is 9.66. The maximum absolute atomic E-state index is 12.0. The summed E-state index contributed by atoms with van der Waals surface area (Å²) in [4.78, 5) is 27.2. The lowest BCUT2D eigenvalue weighted by Gasteiger charge is -2.22. The van der Waals surface area contributed by atoms with Gasteiger partial charge in [0.1, 0.15) is 27.8 Å². The summed E-state index contributed by atoms with van der Waals surface area (Å²) in [6.07, 6.45) is 0. The van der Waals surface area contributed by atoms with Crippen LogP contribution in [-0.2, 0) is 10.1 Å². The van der Waals surface area contributed by atoms with E-state index in [9.17, 15) is 18.1 Å². The highest BCUT2D eigenvalue weighted by molar-refractivity contribution is 7.99. The van der Waals surface area contributed by atoms with Gasteiger partial charge in [0.25, 0.3) is 10.1 Å². The molecule has 0 radical (unpaired) electrons. The first-order valence-electron chi connectivity index (χ1n) is 20.0. The van der Waals surface area contributed by atoms with Gasteiger partial charge in [0.05, 0.1) is 52.6 Å². The van der Waals surface area contributed by atoms with Gasteiger partial charge in [-0.1, -0.05) is 34.4 Å². The number of nitrogens with one attached hydrogen (secondary N) is 2. The molecule has 64 heavy (non-hydrogen) atoms. The molecule has 3 aromatic heterocycles. The SMILES string of the molecule is CCN(CC)c1ccc(N=Nc2nc3ccc(OC)cc3s2)c(Nc2nc(Nc3cc(N(CC)CC)ccc3N=Nc3nc4cc(S(=O)(=O)O)c(OC)cc4s3)nc(SCCO)n2)c1. The standard InChI is InChI=1S/C41H45N13O6S4/c1-7-53(8-2)24-11-14-27(49-51-40-44-29-16-13-26(59-5)21-34(29)62-40)30(19-24)42-37-46-38(48-39(47-37)61-18-17-55)43-31-20-25(54(9-3)10-4)12-15-28(31)50-52-41-45-32-22-36(64(56,57)58)33(60-6)23-35(32)63-41/h11-16,19-23,55H,7-10,17-18H2,1-6H3,(H,56,57,58)(H2,42,43,46,47,48). The molecule has 0 bridgehead atoms. The van der Waals surface area contributed by atoms with Crippen LogP contribution in [0.15, 0.2) is 97.2 Å². The third-order valence-corrected chi connectivity index (χ3v) is 13.2. The average Bonchev–Trinajstić information content (AvgIpc) is 3.90. The zero-order chi connectivity index (χ0) is 45.4. The maximum Gasteiger partial charge on any atom is 0.298 e. The summed E-state index contributed by atoms with van der Waals surface area (Å²) in [6.45, 7) is 11.3. The van der Waals surface area contributed by atoms with Crippen molar-refractivity contribution in [2.75, 3.05) is 73.2 Å². The minimum atomic E-state index is -4.57. The molecule has 7 rings (SSSR count). The van der Waals surface area contributed by atoms with Crippen LogP contribution in [-0.4, -0.2) is 95.8 Å². The molecule has 0 aliphatic rings. The number of benzene rings is 4. The number of azo groups is 2. The first-order valence-corrected chi connectivity index (χ1v) is 24.1. The molecule has 0 fully saturated rings. The van der Waals surface area contributed by atoms with Crippen LogP contribution in [0.3, 0.4) is 0 Å². The number of aliphatic hydroxyl groups excluding tert-OH is 1. The van der Waals surface area contributed by atoms with Crippen molar-refractivity contribution in [3.05, 3.63) is 66.7 Å². The number of thioether (sulfide) groups is 1. The molecule has 3 heterocycles. The quantitative estimate of drug-likeness (QED) is 0.0316. The van der Waals surface area contributed by atoms with Gasteiger partial charge >= 0.3 is 0 Å². The van der Waals surface area contributed by atoms with E-state index in [1.54, 1.807) is 7.11 Å². The number of fused-ring (bicyclic) bond motifs is 2. The summed E-state index contributed by atoms with van der Waals surface area (Å²) in [6, 6.07) is 19.9. The van der Waals surface area contributed by atoms with Crippen molar-refractivity contribution in [3.63, 3.8) is 0 Å². The van der Waals surface area contributed by atoms with Crippen LogP contribution in [0.1, 0.15) is 27.7 Å². The van der Waals surface area contributed by atoms with Crippen LogP contribution in [0, 0.1) is 0 Å². The fourth-order valence-electron chi connectivity index (χ4n) is 6.49. The number of thiazole rings is 2. The molecule has 23 heteroatoms. The molecule has 0 atom stereocenters. The van der Waals surface area contributed by atoms with Crippen molar-refractivity contribution >= 4 is 121 Å². The van der Waals surface area contributed by atoms with Gasteiger partial charge in [0.15, 0.2) is 5.16 Å². The highest BCUT2D eigenvalue weighted by Crippen LogP contribution is 2.39. The Labute approximate surface area is 381 Å². The second kappa shape index (κ2) is 20.6. The zero-order valence-corrected chi connectivity index (χ0v) is 38.9. The Balaban J connectivity index is 1.25. The molecule has 0 saturated heterocycles. The summed E-state index contributed by atoms with van der Waals surface area (Å²) in [7, 11) is -1.64. The van der Waals surface area contributed by atoms with Crippen molar-refractivity contribution < 1.29 is 27.6 Å². The molecule has 0 aliphatic heterocycles. The van der Waals surface area contributed by atoms with Gasteiger partial charge in [-0.05, 0) is 88.4 Å². The van der Waals surface area contributed by atoms with Gasteiger partial charge < -0.3 is 35.0 Å². The van der Waals surface area contributed by atoms with E-state index in [4.69, 9.17) is 24.4 Å². The fraction of sp³-hybridized carbons (Fsp3) is 0.293. The summed E-state index contributed by atoms with van der Waals surface area (Å²) in [5.74, 6) is 1.43. The molecule has 4 N–H and O–H groups in total. The largest absolute Gasteiger partial charge is 0.497 e. The molecule has 7 aromatic rings. The lowest BCUT2D eigenvalue weighted by Crippen LogP contribution is -2.21. The number of aromatic nitrogens is 5. The first kappa shape index (κ1) is 45.9. The number of hydrogen-bond acceptors (Lipinski definition) is 21. The minimum absolute atomic E-state index is 0.0216. The van der Waals surface area contributed by atoms with E-state index in [2.05, 4.69) is 78.6 Å². The number of hydrogen-bond donors (Lipinski definition) is 4. The minimum Gasteiger partial charge on any atom is -0.497 e. The normalized spacial score (nSPS) is 11.9. The summed E-state index contributed by atoms with van der Waals surface area (Å²) in [5, 5.41) is 35.6. The van der Waals surface area contributed by atoms with Crippen molar-refractivity contribution in [1.29, 1.82) is 0 Å². The van der Waals surface area contributed by atoms with Crippen LogP contribution in [0.25, 0.3) is 20.4 Å². The highest BCUT2D eigenvalue weighted by Gasteiger charge is 2.20. The number of anilines is 6. The van der Waals surface area contributed by atoms with E-state index >= 15 is 0 Å². The Morgan fingerprint density at radius 1 is 0.672 bits per heavy atom. The summed E-state index contributed by atoms with van der Waals surface area (Å²) in [5.41, 5.74) is 5.00. The van der Waals surface area contributed by atoms with Gasteiger partial charge in [-0.2, -0.15) is 23.4 Å². The lowest BCUT2D eigenvalue weighted by atomic mass is 10.2. The topological polar surface area (TPSA) is 237 Å². The monoisotopic (exact) mass is 943 g/mol. The molecule has 0 aliphatic carbocycles. The molecular formula is C41H45N13O6S4. The predicted octanol–water partition coefficient (Wildman–Crippen LogP) is 10.4. The zero-order valence-electron chi connectivity index (χ0n) is 35.7. The highest BCUT2D eigenvalue weighted by atomic mass is 32.2.